The van der Waals surface area contributed by atoms with Gasteiger partial charge in [-0.25, -0.2) is 0 Å². The highest BCUT2D eigenvalue weighted by Gasteiger charge is 2.30. The van der Waals surface area contributed by atoms with E-state index in [9.17, 15) is 4.57 Å². The van der Waals surface area contributed by atoms with Gasteiger partial charge in [-0.05, 0) is 49.2 Å². The van der Waals surface area contributed by atoms with E-state index in [4.69, 9.17) is 23.3 Å². The molecule has 7 nitrogen and oxygen atoms in total. The van der Waals surface area contributed by atoms with Crippen molar-refractivity contribution in [3.05, 3.63) is 53.1 Å². The molecule has 0 aliphatic rings. The predicted octanol–water partition coefficient (Wildman–Crippen LogP) is 4.96. The van der Waals surface area contributed by atoms with Crippen molar-refractivity contribution >= 4 is 13.7 Å². The Morgan fingerprint density at radius 1 is 1.03 bits per heavy atom. The maximum absolute atomic E-state index is 13.5. The molecule has 0 amide bonds. The number of pyridine rings is 1. The van der Waals surface area contributed by atoms with Crippen LogP contribution >= 0.6 is 7.60 Å². The molecule has 1 heterocycles. The molecule has 1 aromatic carbocycles. The van der Waals surface area contributed by atoms with Crippen LogP contribution in [0.5, 0.6) is 17.2 Å². The van der Waals surface area contributed by atoms with Crippen LogP contribution < -0.4 is 14.2 Å². The molecule has 2 aromatic rings. The maximum Gasteiger partial charge on any atom is 0.357 e. The third-order valence-electron chi connectivity index (χ3n) is 4.08. The molecular formula is C21H28NO6P. The standard InChI is InChI=1S/C21H28NO6P/c1-6-27-29(23,28-7-2)18(11-16-9-8-10-22-15-16)12-17-13-19(24-3)21(26-5)20(14-17)25-4/h8-10,12-15H,6-7,11H2,1-5H3/b18-12+. The van der Waals surface area contributed by atoms with Crippen molar-refractivity contribution in [2.75, 3.05) is 34.5 Å². The Bertz CT molecular complexity index is 834. The van der Waals surface area contributed by atoms with E-state index in [1.165, 1.54) is 0 Å². The Hall–Kier alpha value is -2.34. The zero-order valence-electron chi connectivity index (χ0n) is 17.5. The van der Waals surface area contributed by atoms with Crippen LogP contribution in [0.2, 0.25) is 0 Å². The predicted molar refractivity (Wildman–Crippen MR) is 113 cm³/mol. The van der Waals surface area contributed by atoms with Crippen molar-refractivity contribution in [1.82, 2.24) is 4.98 Å². The highest BCUT2D eigenvalue weighted by Crippen LogP contribution is 2.57. The Balaban J connectivity index is 2.61. The Morgan fingerprint density at radius 3 is 2.10 bits per heavy atom. The minimum absolute atomic E-state index is 0.261. The highest BCUT2D eigenvalue weighted by molar-refractivity contribution is 7.58. The number of allylic oxidation sites excluding steroid dienone is 1. The largest absolute Gasteiger partial charge is 0.493 e. The van der Waals surface area contributed by atoms with E-state index in [2.05, 4.69) is 4.98 Å². The van der Waals surface area contributed by atoms with Crippen LogP contribution in [-0.2, 0) is 20.0 Å². The quantitative estimate of drug-likeness (QED) is 0.475. The monoisotopic (exact) mass is 421 g/mol. The summed E-state index contributed by atoms with van der Waals surface area (Å²) < 4.78 is 40.9. The topological polar surface area (TPSA) is 76.1 Å². The lowest BCUT2D eigenvalue weighted by Crippen LogP contribution is -2.02. The summed E-state index contributed by atoms with van der Waals surface area (Å²) in [4.78, 5) is 4.14. The molecule has 0 unspecified atom stereocenters. The molecule has 2 rings (SSSR count). The molecule has 0 radical (unpaired) electrons. The Kier molecular flexibility index (Phi) is 8.70. The number of nitrogens with zero attached hydrogens (tertiary/aromatic N) is 1. The third-order valence-corrected chi connectivity index (χ3v) is 6.27. The Labute approximate surface area is 172 Å². The van der Waals surface area contributed by atoms with Crippen molar-refractivity contribution in [2.24, 2.45) is 0 Å². The minimum Gasteiger partial charge on any atom is -0.493 e. The molecule has 0 atom stereocenters. The second-order valence-corrected chi connectivity index (χ2v) is 8.05. The molecule has 29 heavy (non-hydrogen) atoms. The van der Waals surface area contributed by atoms with Gasteiger partial charge < -0.3 is 23.3 Å². The van der Waals surface area contributed by atoms with Gasteiger partial charge in [-0.15, -0.1) is 0 Å². The van der Waals surface area contributed by atoms with E-state index >= 15 is 0 Å². The van der Waals surface area contributed by atoms with Gasteiger partial charge in [-0.1, -0.05) is 6.07 Å². The van der Waals surface area contributed by atoms with Crippen LogP contribution in [-0.4, -0.2) is 39.5 Å². The van der Waals surface area contributed by atoms with E-state index in [-0.39, 0.29) is 13.2 Å². The summed E-state index contributed by atoms with van der Waals surface area (Å²) in [6, 6.07) is 7.32. The van der Waals surface area contributed by atoms with Crippen molar-refractivity contribution in [1.29, 1.82) is 0 Å². The summed E-state index contributed by atoms with van der Waals surface area (Å²) >= 11 is 0. The Morgan fingerprint density at radius 2 is 1.66 bits per heavy atom. The van der Waals surface area contributed by atoms with Crippen molar-refractivity contribution < 1.29 is 27.8 Å². The second-order valence-electron chi connectivity index (χ2n) is 5.97. The average molecular weight is 421 g/mol. The van der Waals surface area contributed by atoms with E-state index in [0.29, 0.717) is 29.0 Å². The SMILES string of the molecule is CCOP(=O)(OCC)/C(=C/c1cc(OC)c(OC)c(OC)c1)Cc1cccnc1. The van der Waals surface area contributed by atoms with Crippen LogP contribution in [0.25, 0.3) is 6.08 Å². The fraction of sp³-hybridized carbons (Fsp3) is 0.381. The van der Waals surface area contributed by atoms with Crippen molar-refractivity contribution in [3.8, 4) is 17.2 Å². The fourth-order valence-corrected chi connectivity index (χ4v) is 4.63. The lowest BCUT2D eigenvalue weighted by atomic mass is 10.1. The van der Waals surface area contributed by atoms with E-state index in [0.717, 1.165) is 11.1 Å². The summed E-state index contributed by atoms with van der Waals surface area (Å²) in [6.07, 6.45) is 5.56. The van der Waals surface area contributed by atoms with E-state index in [1.54, 1.807) is 65.8 Å². The summed E-state index contributed by atoms with van der Waals surface area (Å²) in [7, 11) is 1.13. The highest BCUT2D eigenvalue weighted by atomic mass is 31.2. The van der Waals surface area contributed by atoms with Gasteiger partial charge in [-0.3, -0.25) is 9.55 Å². The molecule has 0 N–H and O–H groups in total. The molecule has 158 valence electrons. The number of ether oxygens (including phenoxy) is 3. The third kappa shape index (κ3) is 5.82. The van der Waals surface area contributed by atoms with Crippen molar-refractivity contribution in [2.45, 2.75) is 20.3 Å². The first kappa shape index (κ1) is 22.9. The first-order valence-electron chi connectivity index (χ1n) is 9.30. The van der Waals surface area contributed by atoms with Crippen LogP contribution in [0.3, 0.4) is 0 Å². The van der Waals surface area contributed by atoms with Gasteiger partial charge in [0.1, 0.15) is 0 Å². The molecule has 0 aliphatic heterocycles. The number of hydrogen-bond acceptors (Lipinski definition) is 7. The molecule has 1 aromatic heterocycles. The van der Waals surface area contributed by atoms with Crippen molar-refractivity contribution in [3.63, 3.8) is 0 Å². The van der Waals surface area contributed by atoms with Gasteiger partial charge in [0.2, 0.25) is 5.75 Å². The number of hydrogen-bond donors (Lipinski definition) is 0. The average Bonchev–Trinajstić information content (AvgIpc) is 2.73. The van der Waals surface area contributed by atoms with Crippen LogP contribution in [0.1, 0.15) is 25.0 Å². The van der Waals surface area contributed by atoms with Crippen LogP contribution in [0.15, 0.2) is 42.0 Å². The summed E-state index contributed by atoms with van der Waals surface area (Å²) in [6.45, 7) is 4.09. The second kappa shape index (κ2) is 11.0. The molecule has 0 saturated carbocycles. The van der Waals surface area contributed by atoms with Gasteiger partial charge in [0.05, 0.1) is 34.5 Å². The first-order valence-corrected chi connectivity index (χ1v) is 10.8. The summed E-state index contributed by atoms with van der Waals surface area (Å²) in [5.41, 5.74) is 1.61. The number of benzene rings is 1. The number of methoxy groups -OCH3 is 3. The molecule has 0 fully saturated rings. The summed E-state index contributed by atoms with van der Waals surface area (Å²) in [5.74, 6) is 1.49. The molecule has 0 aliphatic carbocycles. The zero-order valence-corrected chi connectivity index (χ0v) is 18.4. The van der Waals surface area contributed by atoms with Gasteiger partial charge in [-0.2, -0.15) is 0 Å². The molecule has 0 spiro atoms. The van der Waals surface area contributed by atoms with E-state index < -0.39 is 7.60 Å². The van der Waals surface area contributed by atoms with Gasteiger partial charge in [0.25, 0.3) is 0 Å². The lowest BCUT2D eigenvalue weighted by molar-refractivity contribution is 0.226. The normalized spacial score (nSPS) is 12.0. The van der Waals surface area contributed by atoms with Gasteiger partial charge in [0.15, 0.2) is 11.5 Å². The van der Waals surface area contributed by atoms with E-state index in [1.807, 2.05) is 12.1 Å². The zero-order chi connectivity index (χ0) is 21.3. The summed E-state index contributed by atoms with van der Waals surface area (Å²) in [5, 5.41) is 0.517. The van der Waals surface area contributed by atoms with Crippen LogP contribution in [0, 0.1) is 0 Å². The van der Waals surface area contributed by atoms with Crippen LogP contribution in [0.4, 0.5) is 0 Å². The van der Waals surface area contributed by atoms with Gasteiger partial charge >= 0.3 is 7.60 Å². The smallest absolute Gasteiger partial charge is 0.357 e. The molecule has 0 bridgehead atoms. The first-order chi connectivity index (χ1) is 14.0. The fourth-order valence-electron chi connectivity index (χ4n) is 2.86. The minimum atomic E-state index is -3.51. The number of aromatic nitrogens is 1. The number of rotatable bonds is 11. The van der Waals surface area contributed by atoms with Gasteiger partial charge in [0, 0.05) is 24.1 Å². The molecule has 0 saturated heterocycles. The lowest BCUT2D eigenvalue weighted by Gasteiger charge is -2.21. The molecule has 8 heteroatoms. The maximum atomic E-state index is 13.5. The molecular weight excluding hydrogens is 393 g/mol.